The number of nitrogens with one attached hydrogen (secondary N) is 1. The minimum Gasteiger partial charge on any atom is -0.493 e. The molecule has 1 amide bonds. The van der Waals surface area contributed by atoms with E-state index in [0.29, 0.717) is 23.7 Å². The molecule has 2 aromatic carbocycles. The maximum atomic E-state index is 12.8. The van der Waals surface area contributed by atoms with Crippen LogP contribution in [0.2, 0.25) is 0 Å². The Morgan fingerprint density at radius 2 is 1.74 bits per heavy atom. The van der Waals surface area contributed by atoms with Crippen LogP contribution in [0.1, 0.15) is 43.9 Å². The number of benzene rings is 2. The predicted molar refractivity (Wildman–Crippen MR) is 107 cm³/mol. The van der Waals surface area contributed by atoms with Gasteiger partial charge in [0.2, 0.25) is 0 Å². The lowest BCUT2D eigenvalue weighted by atomic mass is 10.0. The van der Waals surface area contributed by atoms with Crippen molar-refractivity contribution in [2.24, 2.45) is 0 Å². The van der Waals surface area contributed by atoms with E-state index < -0.39 is 6.10 Å². The van der Waals surface area contributed by atoms with Gasteiger partial charge in [-0.25, -0.2) is 0 Å². The summed E-state index contributed by atoms with van der Waals surface area (Å²) >= 11 is 0. The third kappa shape index (κ3) is 5.39. The third-order valence-electron chi connectivity index (χ3n) is 4.47. The molecule has 1 N–H and O–H groups in total. The van der Waals surface area contributed by atoms with E-state index in [1.54, 1.807) is 14.2 Å². The molecule has 2 aromatic rings. The highest BCUT2D eigenvalue weighted by Crippen LogP contribution is 2.31. The fourth-order valence-electron chi connectivity index (χ4n) is 2.93. The highest BCUT2D eigenvalue weighted by Gasteiger charge is 2.22. The molecule has 0 fully saturated rings. The van der Waals surface area contributed by atoms with Crippen LogP contribution >= 0.6 is 0 Å². The van der Waals surface area contributed by atoms with Crippen LogP contribution in [-0.2, 0) is 4.79 Å². The van der Waals surface area contributed by atoms with E-state index in [1.807, 2.05) is 63.2 Å². The molecule has 5 heteroatoms. The van der Waals surface area contributed by atoms with Crippen molar-refractivity contribution in [2.45, 2.75) is 45.8 Å². The number of hydrogen-bond acceptors (Lipinski definition) is 4. The second-order valence-electron chi connectivity index (χ2n) is 6.42. The maximum absolute atomic E-state index is 12.8. The molecule has 0 heterocycles. The molecule has 146 valence electrons. The molecule has 27 heavy (non-hydrogen) atoms. The van der Waals surface area contributed by atoms with Crippen molar-refractivity contribution < 1.29 is 19.0 Å². The molecule has 0 saturated heterocycles. The molecule has 0 radical (unpaired) electrons. The first kappa shape index (κ1) is 20.6. The van der Waals surface area contributed by atoms with Gasteiger partial charge in [0.25, 0.3) is 5.91 Å². The zero-order valence-corrected chi connectivity index (χ0v) is 16.7. The topological polar surface area (TPSA) is 56.8 Å². The molecule has 0 spiro atoms. The number of methoxy groups -OCH3 is 2. The Hall–Kier alpha value is -2.69. The summed E-state index contributed by atoms with van der Waals surface area (Å²) < 4.78 is 16.6. The van der Waals surface area contributed by atoms with Crippen molar-refractivity contribution in [3.63, 3.8) is 0 Å². The summed E-state index contributed by atoms with van der Waals surface area (Å²) in [5.74, 6) is 1.89. The Morgan fingerprint density at radius 1 is 1.00 bits per heavy atom. The van der Waals surface area contributed by atoms with Crippen LogP contribution in [0.5, 0.6) is 17.2 Å². The van der Waals surface area contributed by atoms with Crippen LogP contribution in [0.25, 0.3) is 0 Å². The van der Waals surface area contributed by atoms with Gasteiger partial charge in [0.1, 0.15) is 5.75 Å². The summed E-state index contributed by atoms with van der Waals surface area (Å²) in [7, 11) is 3.20. The van der Waals surface area contributed by atoms with Gasteiger partial charge in [0.05, 0.1) is 20.3 Å². The summed E-state index contributed by atoms with van der Waals surface area (Å²) in [5.41, 5.74) is 2.06. The molecule has 2 rings (SSSR count). The number of carbonyl (C=O) groups excluding carboxylic acids is 1. The van der Waals surface area contributed by atoms with Crippen LogP contribution < -0.4 is 19.5 Å². The predicted octanol–water partition coefficient (Wildman–Crippen LogP) is 4.44. The van der Waals surface area contributed by atoms with Crippen LogP contribution in [-0.4, -0.2) is 26.2 Å². The summed E-state index contributed by atoms with van der Waals surface area (Å²) in [6, 6.07) is 13.3. The standard InChI is InChI=1S/C22H29NO4/c1-6-18(16-11-12-20(25-4)21(14-16)26-5)23-22(24)19(7-2)27-17-10-8-9-15(3)13-17/h8-14,18-19H,6-7H2,1-5H3,(H,23,24)/t18-,19-/m1/s1. The Bertz CT molecular complexity index is 760. The van der Waals surface area contributed by atoms with Crippen molar-refractivity contribution in [2.75, 3.05) is 14.2 Å². The second-order valence-corrected chi connectivity index (χ2v) is 6.42. The van der Waals surface area contributed by atoms with Crippen LogP contribution in [0.15, 0.2) is 42.5 Å². The lowest BCUT2D eigenvalue weighted by Gasteiger charge is -2.23. The van der Waals surface area contributed by atoms with Gasteiger partial charge in [-0.05, 0) is 55.2 Å². The van der Waals surface area contributed by atoms with E-state index in [-0.39, 0.29) is 11.9 Å². The summed E-state index contributed by atoms with van der Waals surface area (Å²) in [5, 5.41) is 3.10. The van der Waals surface area contributed by atoms with Gasteiger partial charge in [0.15, 0.2) is 17.6 Å². The van der Waals surface area contributed by atoms with Gasteiger partial charge in [0, 0.05) is 0 Å². The SMILES string of the molecule is CC[C@@H](Oc1cccc(C)c1)C(=O)N[C@H](CC)c1ccc(OC)c(OC)c1. The van der Waals surface area contributed by atoms with Crippen molar-refractivity contribution in [1.29, 1.82) is 0 Å². The lowest BCUT2D eigenvalue weighted by Crippen LogP contribution is -2.39. The molecule has 0 aromatic heterocycles. The molecule has 0 aliphatic carbocycles. The van der Waals surface area contributed by atoms with E-state index in [4.69, 9.17) is 14.2 Å². The first-order valence-electron chi connectivity index (χ1n) is 9.27. The zero-order chi connectivity index (χ0) is 19.8. The molecular weight excluding hydrogens is 342 g/mol. The van der Waals surface area contributed by atoms with E-state index >= 15 is 0 Å². The minimum absolute atomic E-state index is 0.124. The highest BCUT2D eigenvalue weighted by atomic mass is 16.5. The monoisotopic (exact) mass is 371 g/mol. The molecule has 0 bridgehead atoms. The molecule has 0 unspecified atom stereocenters. The summed E-state index contributed by atoms with van der Waals surface area (Å²) in [4.78, 5) is 12.8. The second kappa shape index (κ2) is 9.86. The number of ether oxygens (including phenoxy) is 3. The fraction of sp³-hybridized carbons (Fsp3) is 0.409. The van der Waals surface area contributed by atoms with E-state index in [1.165, 1.54) is 0 Å². The van der Waals surface area contributed by atoms with Crippen molar-refractivity contribution in [1.82, 2.24) is 5.32 Å². The number of rotatable bonds is 9. The maximum Gasteiger partial charge on any atom is 0.261 e. The quantitative estimate of drug-likeness (QED) is 0.708. The van der Waals surface area contributed by atoms with Crippen molar-refractivity contribution in [3.8, 4) is 17.2 Å². The lowest BCUT2D eigenvalue weighted by molar-refractivity contribution is -0.128. The molecule has 0 aliphatic heterocycles. The Balaban J connectivity index is 2.12. The van der Waals surface area contributed by atoms with Gasteiger partial charge < -0.3 is 19.5 Å². The first-order valence-corrected chi connectivity index (χ1v) is 9.27. The van der Waals surface area contributed by atoms with Crippen LogP contribution in [0.3, 0.4) is 0 Å². The van der Waals surface area contributed by atoms with Gasteiger partial charge in [-0.2, -0.15) is 0 Å². The Kier molecular flexibility index (Phi) is 7.53. The van der Waals surface area contributed by atoms with E-state index in [0.717, 1.165) is 17.5 Å². The number of aryl methyl sites for hydroxylation is 1. The van der Waals surface area contributed by atoms with Gasteiger partial charge in [-0.15, -0.1) is 0 Å². The van der Waals surface area contributed by atoms with Gasteiger partial charge in [-0.1, -0.05) is 32.0 Å². The Morgan fingerprint density at radius 3 is 2.33 bits per heavy atom. The third-order valence-corrected chi connectivity index (χ3v) is 4.47. The minimum atomic E-state index is -0.541. The summed E-state index contributed by atoms with van der Waals surface area (Å²) in [6.45, 7) is 5.97. The normalized spacial score (nSPS) is 12.8. The largest absolute Gasteiger partial charge is 0.493 e. The number of amides is 1. The first-order chi connectivity index (χ1) is 13.0. The average molecular weight is 371 g/mol. The summed E-state index contributed by atoms with van der Waals surface area (Å²) in [6.07, 6.45) is 0.797. The number of carbonyl (C=O) groups is 1. The smallest absolute Gasteiger partial charge is 0.261 e. The average Bonchev–Trinajstić information content (AvgIpc) is 2.69. The molecule has 2 atom stereocenters. The van der Waals surface area contributed by atoms with E-state index in [9.17, 15) is 4.79 Å². The van der Waals surface area contributed by atoms with Crippen LogP contribution in [0, 0.1) is 6.92 Å². The zero-order valence-electron chi connectivity index (χ0n) is 16.7. The van der Waals surface area contributed by atoms with Crippen molar-refractivity contribution >= 4 is 5.91 Å². The molecule has 0 aliphatic rings. The Labute approximate surface area is 161 Å². The van der Waals surface area contributed by atoms with Crippen LogP contribution in [0.4, 0.5) is 0 Å². The highest BCUT2D eigenvalue weighted by molar-refractivity contribution is 5.81. The number of hydrogen-bond donors (Lipinski definition) is 1. The van der Waals surface area contributed by atoms with E-state index in [2.05, 4.69) is 5.32 Å². The fourth-order valence-corrected chi connectivity index (χ4v) is 2.93. The molecule has 5 nitrogen and oxygen atoms in total. The van der Waals surface area contributed by atoms with Gasteiger partial charge in [-0.3, -0.25) is 4.79 Å². The van der Waals surface area contributed by atoms with Crippen molar-refractivity contribution in [3.05, 3.63) is 53.6 Å². The molecule has 0 saturated carbocycles. The van der Waals surface area contributed by atoms with Gasteiger partial charge >= 0.3 is 0 Å². The molecular formula is C22H29NO4.